The Bertz CT molecular complexity index is 1260. The molecule has 0 saturated heterocycles. The minimum absolute atomic E-state index is 0.199. The lowest BCUT2D eigenvalue weighted by Gasteiger charge is -2.45. The number of rotatable bonds is 8. The third kappa shape index (κ3) is 4.99. The van der Waals surface area contributed by atoms with Crippen LogP contribution in [0.1, 0.15) is 22.8 Å². The van der Waals surface area contributed by atoms with Crippen molar-refractivity contribution in [1.82, 2.24) is 4.98 Å². The van der Waals surface area contributed by atoms with Gasteiger partial charge in [-0.2, -0.15) is 0 Å². The van der Waals surface area contributed by atoms with E-state index in [4.69, 9.17) is 14.5 Å². The standard InChI is InChI=1S/C30H31N3O3/c1-35-25-14-10-22(11-15-25)19-32-21-28(29(34)24-7-4-3-5-8-24)33(30-27(32)9-6-18-31-30)20-23-12-16-26(36-2)17-13-23/h3-18,28-29,34H,19-21H2,1-2H3/t28-,29?/m0/s1. The lowest BCUT2D eigenvalue weighted by Crippen LogP contribution is -2.51. The zero-order chi connectivity index (χ0) is 24.9. The maximum Gasteiger partial charge on any atom is 0.152 e. The van der Waals surface area contributed by atoms with E-state index >= 15 is 0 Å². The van der Waals surface area contributed by atoms with E-state index < -0.39 is 6.10 Å². The van der Waals surface area contributed by atoms with Gasteiger partial charge >= 0.3 is 0 Å². The number of methoxy groups -OCH3 is 2. The average Bonchev–Trinajstić information content (AvgIpc) is 2.95. The lowest BCUT2D eigenvalue weighted by molar-refractivity contribution is 0.140. The molecule has 3 aromatic carbocycles. The first-order chi connectivity index (χ1) is 17.7. The highest BCUT2D eigenvalue weighted by atomic mass is 16.5. The van der Waals surface area contributed by atoms with Crippen molar-refractivity contribution in [2.75, 3.05) is 30.6 Å². The normalized spacial score (nSPS) is 15.8. The van der Waals surface area contributed by atoms with Gasteiger partial charge in [0.05, 0.1) is 25.9 Å². The maximum absolute atomic E-state index is 11.6. The number of hydrogen-bond acceptors (Lipinski definition) is 6. The zero-order valence-corrected chi connectivity index (χ0v) is 20.6. The second kappa shape index (κ2) is 10.7. The van der Waals surface area contributed by atoms with Gasteiger partial charge in [-0.25, -0.2) is 4.98 Å². The van der Waals surface area contributed by atoms with Crippen LogP contribution in [0.15, 0.2) is 97.2 Å². The highest BCUT2D eigenvalue weighted by Gasteiger charge is 2.36. The second-order valence-corrected chi connectivity index (χ2v) is 8.97. The fraction of sp³-hybridized carbons (Fsp3) is 0.233. The topological polar surface area (TPSA) is 58.1 Å². The predicted octanol–water partition coefficient (Wildman–Crippen LogP) is 5.23. The fourth-order valence-electron chi connectivity index (χ4n) is 4.80. The van der Waals surface area contributed by atoms with Crippen molar-refractivity contribution in [2.24, 2.45) is 0 Å². The lowest BCUT2D eigenvalue weighted by atomic mass is 9.96. The molecule has 36 heavy (non-hydrogen) atoms. The molecular formula is C30H31N3O3. The Labute approximate surface area is 212 Å². The van der Waals surface area contributed by atoms with Crippen LogP contribution in [-0.2, 0) is 13.1 Å². The maximum atomic E-state index is 11.6. The Morgan fingerprint density at radius 1 is 0.806 bits per heavy atom. The summed E-state index contributed by atoms with van der Waals surface area (Å²) in [5.74, 6) is 2.53. The number of anilines is 2. The van der Waals surface area contributed by atoms with Gasteiger partial charge in [-0.05, 0) is 53.1 Å². The summed E-state index contributed by atoms with van der Waals surface area (Å²) in [4.78, 5) is 9.35. The van der Waals surface area contributed by atoms with Crippen LogP contribution in [0.25, 0.3) is 0 Å². The Balaban J connectivity index is 1.52. The van der Waals surface area contributed by atoms with Crippen LogP contribution in [0, 0.1) is 0 Å². The van der Waals surface area contributed by atoms with Gasteiger partial charge in [-0.15, -0.1) is 0 Å². The van der Waals surface area contributed by atoms with Crippen LogP contribution in [0.3, 0.4) is 0 Å². The Morgan fingerprint density at radius 3 is 2.03 bits per heavy atom. The van der Waals surface area contributed by atoms with Crippen LogP contribution >= 0.6 is 0 Å². The van der Waals surface area contributed by atoms with Crippen molar-refractivity contribution in [1.29, 1.82) is 0 Å². The molecule has 6 nitrogen and oxygen atoms in total. The first-order valence-corrected chi connectivity index (χ1v) is 12.1. The molecule has 2 atom stereocenters. The highest BCUT2D eigenvalue weighted by molar-refractivity contribution is 5.70. The van der Waals surface area contributed by atoms with Gasteiger partial charge in [0.2, 0.25) is 0 Å². The molecule has 0 aliphatic carbocycles. The van der Waals surface area contributed by atoms with E-state index in [1.807, 2.05) is 66.9 Å². The van der Waals surface area contributed by atoms with E-state index in [-0.39, 0.29) is 6.04 Å². The number of aromatic nitrogens is 1. The second-order valence-electron chi connectivity index (χ2n) is 8.97. The van der Waals surface area contributed by atoms with E-state index in [2.05, 4.69) is 40.1 Å². The molecule has 1 aliphatic rings. The van der Waals surface area contributed by atoms with Crippen molar-refractivity contribution in [2.45, 2.75) is 25.2 Å². The average molecular weight is 482 g/mol. The predicted molar refractivity (Wildman–Crippen MR) is 143 cm³/mol. The summed E-state index contributed by atoms with van der Waals surface area (Å²) in [6.45, 7) is 1.98. The molecule has 0 amide bonds. The number of aliphatic hydroxyl groups is 1. The molecule has 0 bridgehead atoms. The number of ether oxygens (including phenoxy) is 2. The molecule has 1 aromatic heterocycles. The summed E-state index contributed by atoms with van der Waals surface area (Å²) in [6, 6.07) is 30.0. The monoisotopic (exact) mass is 481 g/mol. The van der Waals surface area contributed by atoms with Crippen molar-refractivity contribution in [3.05, 3.63) is 114 Å². The minimum Gasteiger partial charge on any atom is -0.497 e. The van der Waals surface area contributed by atoms with E-state index in [0.717, 1.165) is 34.1 Å². The van der Waals surface area contributed by atoms with Crippen LogP contribution in [0.5, 0.6) is 11.5 Å². The minimum atomic E-state index is -0.682. The summed E-state index contributed by atoms with van der Waals surface area (Å²) in [6.07, 6.45) is 1.14. The quantitative estimate of drug-likeness (QED) is 0.372. The Kier molecular flexibility index (Phi) is 7.05. The largest absolute Gasteiger partial charge is 0.497 e. The van der Waals surface area contributed by atoms with Crippen molar-refractivity contribution in [3.8, 4) is 11.5 Å². The fourth-order valence-corrected chi connectivity index (χ4v) is 4.80. The number of hydrogen-bond donors (Lipinski definition) is 1. The van der Waals surface area contributed by atoms with Crippen LogP contribution < -0.4 is 19.3 Å². The molecule has 0 fully saturated rings. The molecule has 0 radical (unpaired) electrons. The molecular weight excluding hydrogens is 450 g/mol. The van der Waals surface area contributed by atoms with E-state index in [0.29, 0.717) is 19.6 Å². The number of pyridine rings is 1. The zero-order valence-electron chi connectivity index (χ0n) is 20.6. The van der Waals surface area contributed by atoms with Gasteiger partial charge in [-0.3, -0.25) is 0 Å². The molecule has 184 valence electrons. The van der Waals surface area contributed by atoms with Crippen LogP contribution in [0.2, 0.25) is 0 Å². The smallest absolute Gasteiger partial charge is 0.152 e. The SMILES string of the molecule is COc1ccc(CN2C[C@@H](C(O)c3ccccc3)N(Cc3ccc(OC)cc3)c3ncccc32)cc1. The van der Waals surface area contributed by atoms with Gasteiger partial charge in [0.25, 0.3) is 0 Å². The summed E-state index contributed by atoms with van der Waals surface area (Å²) >= 11 is 0. The summed E-state index contributed by atoms with van der Waals surface area (Å²) in [7, 11) is 3.35. The molecule has 2 heterocycles. The summed E-state index contributed by atoms with van der Waals surface area (Å²) in [5, 5.41) is 11.6. The summed E-state index contributed by atoms with van der Waals surface area (Å²) < 4.78 is 10.7. The Hall–Kier alpha value is -4.03. The molecule has 6 heteroatoms. The number of nitrogens with zero attached hydrogens (tertiary/aromatic N) is 3. The molecule has 4 aromatic rings. The van der Waals surface area contributed by atoms with Gasteiger partial charge in [-0.1, -0.05) is 54.6 Å². The van der Waals surface area contributed by atoms with E-state index in [1.54, 1.807) is 14.2 Å². The van der Waals surface area contributed by atoms with Gasteiger partial charge in [0.15, 0.2) is 5.82 Å². The highest BCUT2D eigenvalue weighted by Crippen LogP contribution is 2.39. The van der Waals surface area contributed by atoms with E-state index in [1.165, 1.54) is 5.56 Å². The van der Waals surface area contributed by atoms with Crippen molar-refractivity contribution >= 4 is 11.5 Å². The number of fused-ring (bicyclic) bond motifs is 1. The first-order valence-electron chi connectivity index (χ1n) is 12.1. The van der Waals surface area contributed by atoms with E-state index in [9.17, 15) is 5.11 Å². The third-order valence-electron chi connectivity index (χ3n) is 6.74. The molecule has 0 saturated carbocycles. The van der Waals surface area contributed by atoms with Gasteiger partial charge in [0.1, 0.15) is 17.6 Å². The van der Waals surface area contributed by atoms with Crippen LogP contribution in [0.4, 0.5) is 11.5 Å². The third-order valence-corrected chi connectivity index (χ3v) is 6.74. The number of aliphatic hydroxyl groups excluding tert-OH is 1. The van der Waals surface area contributed by atoms with Gasteiger partial charge in [0, 0.05) is 25.8 Å². The Morgan fingerprint density at radius 2 is 1.42 bits per heavy atom. The molecule has 5 rings (SSSR count). The van der Waals surface area contributed by atoms with Crippen LogP contribution in [-0.4, -0.2) is 36.9 Å². The van der Waals surface area contributed by atoms with Crippen molar-refractivity contribution in [3.63, 3.8) is 0 Å². The number of benzene rings is 3. The summed E-state index contributed by atoms with van der Waals surface area (Å²) in [5.41, 5.74) is 4.24. The van der Waals surface area contributed by atoms with Crippen molar-refractivity contribution < 1.29 is 14.6 Å². The molecule has 1 unspecified atom stereocenters. The molecule has 1 N–H and O–H groups in total. The molecule has 0 spiro atoms. The first kappa shape index (κ1) is 23.7. The molecule has 1 aliphatic heterocycles. The van der Waals surface area contributed by atoms with Gasteiger partial charge < -0.3 is 24.4 Å².